The van der Waals surface area contributed by atoms with E-state index in [1.54, 1.807) is 0 Å². The average Bonchev–Trinajstić information content (AvgIpc) is 2.40. The van der Waals surface area contributed by atoms with E-state index in [2.05, 4.69) is 27.5 Å². The highest BCUT2D eigenvalue weighted by Gasteiger charge is 2.12. The molecule has 5 nitrogen and oxygen atoms in total. The molecule has 0 bridgehead atoms. The van der Waals surface area contributed by atoms with E-state index >= 15 is 0 Å². The van der Waals surface area contributed by atoms with Gasteiger partial charge in [0.1, 0.15) is 0 Å². The first-order valence-electron chi connectivity index (χ1n) is 6.24. The van der Waals surface area contributed by atoms with Gasteiger partial charge in [-0.1, -0.05) is 13.3 Å². The smallest absolute Gasteiger partial charge is 0.222 e. The van der Waals surface area contributed by atoms with Gasteiger partial charge < -0.3 is 15.4 Å². The third-order valence-electron chi connectivity index (χ3n) is 2.75. The number of anilines is 1. The predicted molar refractivity (Wildman–Crippen MR) is 67.1 cm³/mol. The highest BCUT2D eigenvalue weighted by Crippen LogP contribution is 2.03. The molecule has 94 valence electrons. The summed E-state index contributed by atoms with van der Waals surface area (Å²) in [5.41, 5.74) is 1.19. The Morgan fingerprint density at radius 3 is 2.94 bits per heavy atom. The molecule has 0 aromatic carbocycles. The fraction of sp³-hybridized carbons (Fsp3) is 0.667. The van der Waals surface area contributed by atoms with E-state index in [1.165, 1.54) is 5.56 Å². The molecule has 1 aromatic heterocycles. The van der Waals surface area contributed by atoms with Gasteiger partial charge in [0.15, 0.2) is 0 Å². The SMILES string of the molecule is CCCc1cnc(NCC2COCCN2)nc1. The van der Waals surface area contributed by atoms with Crippen LogP contribution in [-0.4, -0.2) is 42.3 Å². The standard InChI is InChI=1S/C12H20N4O/c1-2-3-10-6-14-12(15-7-10)16-8-11-9-17-5-4-13-11/h6-7,11,13H,2-5,8-9H2,1H3,(H,14,15,16). The number of hydrogen-bond acceptors (Lipinski definition) is 5. The maximum absolute atomic E-state index is 5.38. The van der Waals surface area contributed by atoms with Gasteiger partial charge in [-0.3, -0.25) is 0 Å². The summed E-state index contributed by atoms with van der Waals surface area (Å²) in [6, 6.07) is 0.350. The Balaban J connectivity index is 1.77. The van der Waals surface area contributed by atoms with Crippen LogP contribution in [0.5, 0.6) is 0 Å². The molecule has 1 aliphatic rings. The van der Waals surface area contributed by atoms with Gasteiger partial charge in [-0.05, 0) is 12.0 Å². The summed E-state index contributed by atoms with van der Waals surface area (Å²) in [5.74, 6) is 0.692. The van der Waals surface area contributed by atoms with Crippen LogP contribution in [-0.2, 0) is 11.2 Å². The Bertz CT molecular complexity index is 322. The minimum absolute atomic E-state index is 0.350. The maximum atomic E-state index is 5.38. The van der Waals surface area contributed by atoms with Crippen LogP contribution >= 0.6 is 0 Å². The Morgan fingerprint density at radius 2 is 2.29 bits per heavy atom. The van der Waals surface area contributed by atoms with Crippen molar-refractivity contribution in [2.75, 3.05) is 31.6 Å². The first-order chi connectivity index (χ1) is 8.38. The second-order valence-corrected chi connectivity index (χ2v) is 4.27. The lowest BCUT2D eigenvalue weighted by molar-refractivity contribution is 0.0806. The molecule has 0 amide bonds. The summed E-state index contributed by atoms with van der Waals surface area (Å²) in [6.45, 7) is 5.43. The molecule has 1 saturated heterocycles. The number of hydrogen-bond donors (Lipinski definition) is 2. The monoisotopic (exact) mass is 236 g/mol. The van der Waals surface area contributed by atoms with Crippen LogP contribution in [0.15, 0.2) is 12.4 Å². The molecule has 5 heteroatoms. The lowest BCUT2D eigenvalue weighted by Gasteiger charge is -2.23. The number of aromatic nitrogens is 2. The van der Waals surface area contributed by atoms with Gasteiger partial charge in [0.2, 0.25) is 5.95 Å². The van der Waals surface area contributed by atoms with Crippen LogP contribution in [0.4, 0.5) is 5.95 Å². The van der Waals surface area contributed by atoms with E-state index in [9.17, 15) is 0 Å². The Kier molecular flexibility index (Phi) is 4.70. The van der Waals surface area contributed by atoms with Crippen LogP contribution in [0.3, 0.4) is 0 Å². The maximum Gasteiger partial charge on any atom is 0.222 e. The molecule has 1 aromatic rings. The van der Waals surface area contributed by atoms with Gasteiger partial charge in [-0.15, -0.1) is 0 Å². The van der Waals surface area contributed by atoms with Crippen LogP contribution in [0.25, 0.3) is 0 Å². The molecule has 2 N–H and O–H groups in total. The number of nitrogens with one attached hydrogen (secondary N) is 2. The van der Waals surface area contributed by atoms with E-state index in [0.717, 1.165) is 39.1 Å². The van der Waals surface area contributed by atoms with Gasteiger partial charge in [-0.25, -0.2) is 9.97 Å². The van der Waals surface area contributed by atoms with Crippen molar-refractivity contribution in [1.29, 1.82) is 0 Å². The normalized spacial score (nSPS) is 20.2. The predicted octanol–water partition coefficient (Wildman–Crippen LogP) is 0.829. The summed E-state index contributed by atoms with van der Waals surface area (Å²) in [7, 11) is 0. The summed E-state index contributed by atoms with van der Waals surface area (Å²) in [5, 5.41) is 6.60. The highest BCUT2D eigenvalue weighted by molar-refractivity contribution is 5.25. The van der Waals surface area contributed by atoms with Crippen molar-refractivity contribution >= 4 is 5.95 Å². The molecule has 17 heavy (non-hydrogen) atoms. The van der Waals surface area contributed by atoms with Crippen LogP contribution < -0.4 is 10.6 Å². The molecule has 1 atom stereocenters. The molecule has 0 spiro atoms. The quantitative estimate of drug-likeness (QED) is 0.793. The van der Waals surface area contributed by atoms with Gasteiger partial charge in [0, 0.05) is 31.5 Å². The zero-order valence-corrected chi connectivity index (χ0v) is 10.3. The number of rotatable bonds is 5. The van der Waals surface area contributed by atoms with E-state index in [-0.39, 0.29) is 0 Å². The van der Waals surface area contributed by atoms with Crippen molar-refractivity contribution in [3.8, 4) is 0 Å². The Labute approximate surface area is 102 Å². The first kappa shape index (κ1) is 12.3. The molecular weight excluding hydrogens is 216 g/mol. The van der Waals surface area contributed by atoms with Crippen molar-refractivity contribution in [3.05, 3.63) is 18.0 Å². The van der Waals surface area contributed by atoms with Crippen LogP contribution in [0.1, 0.15) is 18.9 Å². The summed E-state index contributed by atoms with van der Waals surface area (Å²) < 4.78 is 5.38. The minimum Gasteiger partial charge on any atom is -0.378 e. The third-order valence-corrected chi connectivity index (χ3v) is 2.75. The van der Waals surface area contributed by atoms with Crippen LogP contribution in [0, 0.1) is 0 Å². The average molecular weight is 236 g/mol. The van der Waals surface area contributed by atoms with Crippen molar-refractivity contribution < 1.29 is 4.74 Å². The van der Waals surface area contributed by atoms with Crippen molar-refractivity contribution in [2.45, 2.75) is 25.8 Å². The van der Waals surface area contributed by atoms with Gasteiger partial charge in [0.05, 0.1) is 13.2 Å². The molecule has 1 fully saturated rings. The summed E-state index contributed by atoms with van der Waals surface area (Å²) >= 11 is 0. The van der Waals surface area contributed by atoms with Crippen molar-refractivity contribution in [1.82, 2.24) is 15.3 Å². The van der Waals surface area contributed by atoms with Crippen molar-refractivity contribution in [3.63, 3.8) is 0 Å². The molecule has 2 rings (SSSR count). The second-order valence-electron chi connectivity index (χ2n) is 4.27. The molecule has 0 aliphatic carbocycles. The fourth-order valence-electron chi connectivity index (χ4n) is 1.83. The number of morpholine rings is 1. The number of ether oxygens (including phenoxy) is 1. The zero-order valence-electron chi connectivity index (χ0n) is 10.3. The molecule has 2 heterocycles. The fourth-order valence-corrected chi connectivity index (χ4v) is 1.83. The largest absolute Gasteiger partial charge is 0.378 e. The van der Waals surface area contributed by atoms with E-state index in [0.29, 0.717) is 12.0 Å². The lowest BCUT2D eigenvalue weighted by atomic mass is 10.2. The van der Waals surface area contributed by atoms with E-state index in [4.69, 9.17) is 4.74 Å². The van der Waals surface area contributed by atoms with Crippen LogP contribution in [0.2, 0.25) is 0 Å². The highest BCUT2D eigenvalue weighted by atomic mass is 16.5. The van der Waals surface area contributed by atoms with E-state index < -0.39 is 0 Å². The van der Waals surface area contributed by atoms with E-state index in [1.807, 2.05) is 12.4 Å². The number of aryl methyl sites for hydroxylation is 1. The minimum atomic E-state index is 0.350. The summed E-state index contributed by atoms with van der Waals surface area (Å²) in [6.07, 6.45) is 5.95. The molecular formula is C12H20N4O. The molecule has 1 aliphatic heterocycles. The third kappa shape index (κ3) is 3.94. The van der Waals surface area contributed by atoms with Gasteiger partial charge >= 0.3 is 0 Å². The zero-order chi connectivity index (χ0) is 11.9. The van der Waals surface area contributed by atoms with Gasteiger partial charge in [-0.2, -0.15) is 0 Å². The van der Waals surface area contributed by atoms with Gasteiger partial charge in [0.25, 0.3) is 0 Å². The Hall–Kier alpha value is -1.20. The Morgan fingerprint density at radius 1 is 1.47 bits per heavy atom. The first-order valence-corrected chi connectivity index (χ1v) is 6.24. The number of nitrogens with zero attached hydrogens (tertiary/aromatic N) is 2. The van der Waals surface area contributed by atoms with Crippen molar-refractivity contribution in [2.24, 2.45) is 0 Å². The molecule has 0 saturated carbocycles. The topological polar surface area (TPSA) is 59.1 Å². The molecule has 1 unspecified atom stereocenters. The lowest BCUT2D eigenvalue weighted by Crippen LogP contribution is -2.45. The second kappa shape index (κ2) is 6.51. The molecule has 0 radical (unpaired) electrons. The summed E-state index contributed by atoms with van der Waals surface area (Å²) in [4.78, 5) is 8.58.